The molecule has 0 unspecified atom stereocenters. The summed E-state index contributed by atoms with van der Waals surface area (Å²) in [5.41, 5.74) is 7.64. The lowest BCUT2D eigenvalue weighted by Gasteiger charge is -2.19. The minimum absolute atomic E-state index is 0.0899. The van der Waals surface area contributed by atoms with Crippen LogP contribution in [0.15, 0.2) is 18.2 Å². The number of nitrogen functional groups attached to an aromatic ring is 1. The SMILES string of the molecule is CCn1c(C(C)(C)C)nc(-c2cc(Cl)ccc2Cl)c1N. The Kier molecular flexibility index (Phi) is 4.03. The molecule has 0 bridgehead atoms. The molecular weight excluding hydrogens is 293 g/mol. The molecule has 0 radical (unpaired) electrons. The summed E-state index contributed by atoms with van der Waals surface area (Å²) in [4.78, 5) is 4.72. The lowest BCUT2D eigenvalue weighted by Crippen LogP contribution is -2.19. The van der Waals surface area contributed by atoms with Gasteiger partial charge in [-0.1, -0.05) is 44.0 Å². The van der Waals surface area contributed by atoms with Crippen molar-refractivity contribution in [2.24, 2.45) is 0 Å². The van der Waals surface area contributed by atoms with E-state index in [1.54, 1.807) is 18.2 Å². The first-order chi connectivity index (χ1) is 9.25. The van der Waals surface area contributed by atoms with Gasteiger partial charge in [-0.2, -0.15) is 0 Å². The van der Waals surface area contributed by atoms with Crippen molar-refractivity contribution in [3.05, 3.63) is 34.1 Å². The van der Waals surface area contributed by atoms with Crippen LogP contribution in [0, 0.1) is 0 Å². The Labute approximate surface area is 129 Å². The molecule has 5 heteroatoms. The van der Waals surface area contributed by atoms with Crippen LogP contribution in [-0.4, -0.2) is 9.55 Å². The zero-order valence-corrected chi connectivity index (χ0v) is 13.7. The van der Waals surface area contributed by atoms with Crippen LogP contribution in [0.4, 0.5) is 5.82 Å². The maximum absolute atomic E-state index is 6.26. The van der Waals surface area contributed by atoms with E-state index in [9.17, 15) is 0 Å². The van der Waals surface area contributed by atoms with Gasteiger partial charge in [0.25, 0.3) is 0 Å². The molecule has 0 amide bonds. The van der Waals surface area contributed by atoms with E-state index in [0.29, 0.717) is 21.6 Å². The Morgan fingerprint density at radius 1 is 1.25 bits per heavy atom. The number of hydrogen-bond acceptors (Lipinski definition) is 2. The zero-order chi connectivity index (χ0) is 15.1. The van der Waals surface area contributed by atoms with E-state index in [1.807, 2.05) is 4.57 Å². The van der Waals surface area contributed by atoms with Gasteiger partial charge < -0.3 is 10.3 Å². The number of nitrogens with two attached hydrogens (primary N) is 1. The lowest BCUT2D eigenvalue weighted by atomic mass is 9.95. The van der Waals surface area contributed by atoms with Crippen molar-refractivity contribution >= 4 is 29.0 Å². The fourth-order valence-electron chi connectivity index (χ4n) is 2.24. The van der Waals surface area contributed by atoms with Crippen LogP contribution >= 0.6 is 23.2 Å². The van der Waals surface area contributed by atoms with Crippen molar-refractivity contribution in [3.63, 3.8) is 0 Å². The molecule has 20 heavy (non-hydrogen) atoms. The average molecular weight is 312 g/mol. The van der Waals surface area contributed by atoms with Crippen molar-refractivity contribution in [1.29, 1.82) is 0 Å². The number of rotatable bonds is 2. The molecule has 1 aromatic carbocycles. The van der Waals surface area contributed by atoms with Crippen LogP contribution in [0.5, 0.6) is 0 Å². The quantitative estimate of drug-likeness (QED) is 0.869. The minimum Gasteiger partial charge on any atom is -0.383 e. The van der Waals surface area contributed by atoms with E-state index in [0.717, 1.165) is 17.9 Å². The van der Waals surface area contributed by atoms with Crippen molar-refractivity contribution < 1.29 is 0 Å². The second kappa shape index (κ2) is 5.30. The third kappa shape index (κ3) is 2.65. The highest BCUT2D eigenvalue weighted by Crippen LogP contribution is 2.36. The minimum atomic E-state index is -0.0899. The van der Waals surface area contributed by atoms with Crippen LogP contribution in [0.1, 0.15) is 33.5 Å². The Morgan fingerprint density at radius 3 is 2.40 bits per heavy atom. The largest absolute Gasteiger partial charge is 0.383 e. The number of hydrogen-bond donors (Lipinski definition) is 1. The summed E-state index contributed by atoms with van der Waals surface area (Å²) < 4.78 is 2.02. The third-order valence-electron chi connectivity index (χ3n) is 3.18. The fourth-order valence-corrected chi connectivity index (χ4v) is 2.61. The summed E-state index contributed by atoms with van der Waals surface area (Å²) in [6.07, 6.45) is 0. The predicted octanol–water partition coefficient (Wildman–Crippen LogP) is 4.76. The van der Waals surface area contributed by atoms with E-state index in [-0.39, 0.29) is 5.41 Å². The molecule has 0 spiro atoms. The molecule has 2 rings (SSSR count). The number of benzene rings is 1. The van der Waals surface area contributed by atoms with E-state index < -0.39 is 0 Å². The van der Waals surface area contributed by atoms with E-state index in [1.165, 1.54) is 0 Å². The van der Waals surface area contributed by atoms with Gasteiger partial charge in [0, 0.05) is 22.5 Å². The molecule has 0 aliphatic heterocycles. The molecule has 1 heterocycles. The third-order valence-corrected chi connectivity index (χ3v) is 3.74. The molecule has 0 saturated carbocycles. The summed E-state index contributed by atoms with van der Waals surface area (Å²) >= 11 is 12.3. The maximum Gasteiger partial charge on any atom is 0.131 e. The van der Waals surface area contributed by atoms with Gasteiger partial charge in [-0.15, -0.1) is 0 Å². The van der Waals surface area contributed by atoms with Gasteiger partial charge in [-0.05, 0) is 25.1 Å². The number of halogens is 2. The van der Waals surface area contributed by atoms with Gasteiger partial charge >= 0.3 is 0 Å². The van der Waals surface area contributed by atoms with Crippen LogP contribution < -0.4 is 5.73 Å². The van der Waals surface area contributed by atoms with Gasteiger partial charge in [0.15, 0.2) is 0 Å². The first kappa shape index (κ1) is 15.2. The number of nitrogens with zero attached hydrogens (tertiary/aromatic N) is 2. The highest BCUT2D eigenvalue weighted by Gasteiger charge is 2.25. The van der Waals surface area contributed by atoms with Crippen LogP contribution in [-0.2, 0) is 12.0 Å². The topological polar surface area (TPSA) is 43.8 Å². The molecule has 3 nitrogen and oxygen atoms in total. The standard InChI is InChI=1S/C15H19Cl2N3/c1-5-20-13(18)12(19-14(20)15(2,3)4)10-8-9(16)6-7-11(10)17/h6-8H,5,18H2,1-4H3. The number of aromatic nitrogens is 2. The molecule has 0 aliphatic rings. The number of imidazole rings is 1. The highest BCUT2D eigenvalue weighted by molar-refractivity contribution is 6.35. The lowest BCUT2D eigenvalue weighted by molar-refractivity contribution is 0.509. The second-order valence-electron chi connectivity index (χ2n) is 5.79. The second-order valence-corrected chi connectivity index (χ2v) is 6.63. The van der Waals surface area contributed by atoms with Crippen molar-refractivity contribution in [2.45, 2.75) is 39.7 Å². The Morgan fingerprint density at radius 2 is 1.90 bits per heavy atom. The summed E-state index contributed by atoms with van der Waals surface area (Å²) in [6, 6.07) is 5.32. The summed E-state index contributed by atoms with van der Waals surface area (Å²) in [6.45, 7) is 9.17. The van der Waals surface area contributed by atoms with Gasteiger partial charge in [-0.25, -0.2) is 4.98 Å². The summed E-state index contributed by atoms with van der Waals surface area (Å²) in [7, 11) is 0. The predicted molar refractivity (Wildman–Crippen MR) is 86.5 cm³/mol. The molecule has 1 aromatic heterocycles. The first-order valence-corrected chi connectivity index (χ1v) is 7.33. The van der Waals surface area contributed by atoms with E-state index >= 15 is 0 Å². The Balaban J connectivity index is 2.70. The summed E-state index contributed by atoms with van der Waals surface area (Å²) in [5.74, 6) is 1.57. The smallest absolute Gasteiger partial charge is 0.131 e. The van der Waals surface area contributed by atoms with Crippen LogP contribution in [0.3, 0.4) is 0 Å². The van der Waals surface area contributed by atoms with Crippen molar-refractivity contribution in [2.75, 3.05) is 5.73 Å². The molecule has 0 saturated heterocycles. The monoisotopic (exact) mass is 311 g/mol. The molecule has 0 aliphatic carbocycles. The molecule has 2 aromatic rings. The van der Waals surface area contributed by atoms with Gasteiger partial charge in [0.05, 0.1) is 5.02 Å². The first-order valence-electron chi connectivity index (χ1n) is 6.57. The summed E-state index contributed by atoms with van der Waals surface area (Å²) in [5, 5.41) is 1.22. The molecule has 108 valence electrons. The number of anilines is 1. The molecule has 0 atom stereocenters. The van der Waals surface area contributed by atoms with Crippen molar-refractivity contribution in [3.8, 4) is 11.3 Å². The molecular formula is C15H19Cl2N3. The van der Waals surface area contributed by atoms with Crippen LogP contribution in [0.2, 0.25) is 10.0 Å². The average Bonchev–Trinajstić information content (AvgIpc) is 2.69. The Bertz CT molecular complexity index is 639. The van der Waals surface area contributed by atoms with Gasteiger partial charge in [0.2, 0.25) is 0 Å². The maximum atomic E-state index is 6.26. The Hall–Kier alpha value is -1.19. The fraction of sp³-hybridized carbons (Fsp3) is 0.400. The van der Waals surface area contributed by atoms with Gasteiger partial charge in [0.1, 0.15) is 17.3 Å². The highest BCUT2D eigenvalue weighted by atomic mass is 35.5. The normalized spacial score (nSPS) is 11.9. The molecule has 0 fully saturated rings. The van der Waals surface area contributed by atoms with E-state index in [2.05, 4.69) is 27.7 Å². The molecule has 2 N–H and O–H groups in total. The zero-order valence-electron chi connectivity index (χ0n) is 12.2. The van der Waals surface area contributed by atoms with Gasteiger partial charge in [-0.3, -0.25) is 0 Å². The van der Waals surface area contributed by atoms with Crippen LogP contribution in [0.25, 0.3) is 11.3 Å². The van der Waals surface area contributed by atoms with Crippen molar-refractivity contribution in [1.82, 2.24) is 9.55 Å². The van der Waals surface area contributed by atoms with E-state index in [4.69, 9.17) is 33.9 Å².